The fraction of sp³-hybridized carbons (Fsp3) is 0.148. The summed E-state index contributed by atoms with van der Waals surface area (Å²) in [6.45, 7) is 2.11. The summed E-state index contributed by atoms with van der Waals surface area (Å²) in [5.74, 6) is -1.97. The van der Waals surface area contributed by atoms with Gasteiger partial charge in [-0.1, -0.05) is 61.9 Å². The molecule has 0 aliphatic heterocycles. The van der Waals surface area contributed by atoms with Crippen molar-refractivity contribution in [3.63, 3.8) is 0 Å². The van der Waals surface area contributed by atoms with Crippen LogP contribution in [-0.2, 0) is 6.42 Å². The van der Waals surface area contributed by atoms with Gasteiger partial charge in [-0.15, -0.1) is 0 Å². The zero-order chi connectivity index (χ0) is 22.0. The molecule has 0 N–H and O–H groups in total. The maximum Gasteiger partial charge on any atom is 0.151 e. The number of hydrogen-bond donors (Lipinski definition) is 0. The number of benzene rings is 4. The Hall–Kier alpha value is -3.58. The smallest absolute Gasteiger partial charge is 0.151 e. The molecule has 0 aliphatic rings. The standard InChI is InChI=1S/C27H20F3N/c1-2-3-4-17-5-11-22(25(28)13-17)19-8-6-18(7-9-19)20-10-12-23-21(14-20)15-26(29)24(16-31)27(23)30/h5-15H,2-4H2,1H3. The number of halogens is 3. The van der Waals surface area contributed by atoms with Crippen molar-refractivity contribution in [1.29, 1.82) is 5.26 Å². The van der Waals surface area contributed by atoms with E-state index in [4.69, 9.17) is 5.26 Å². The van der Waals surface area contributed by atoms with Crippen LogP contribution in [0.5, 0.6) is 0 Å². The summed E-state index contributed by atoms with van der Waals surface area (Å²) < 4.78 is 42.9. The van der Waals surface area contributed by atoms with Crippen LogP contribution in [0.15, 0.2) is 66.7 Å². The summed E-state index contributed by atoms with van der Waals surface area (Å²) in [5.41, 5.74) is 3.34. The van der Waals surface area contributed by atoms with Gasteiger partial charge in [-0.3, -0.25) is 0 Å². The first-order valence-corrected chi connectivity index (χ1v) is 10.2. The third kappa shape index (κ3) is 4.04. The molecule has 154 valence electrons. The Balaban J connectivity index is 1.65. The minimum absolute atomic E-state index is 0.198. The molecule has 0 amide bonds. The average molecular weight is 415 g/mol. The van der Waals surface area contributed by atoms with E-state index in [2.05, 4.69) is 6.92 Å². The molecule has 4 heteroatoms. The van der Waals surface area contributed by atoms with E-state index in [0.29, 0.717) is 10.9 Å². The van der Waals surface area contributed by atoms with E-state index in [9.17, 15) is 13.2 Å². The van der Waals surface area contributed by atoms with Crippen LogP contribution in [0.25, 0.3) is 33.0 Å². The van der Waals surface area contributed by atoms with Gasteiger partial charge in [0, 0.05) is 10.9 Å². The summed E-state index contributed by atoms with van der Waals surface area (Å²) in [7, 11) is 0. The molecule has 0 atom stereocenters. The minimum Gasteiger partial charge on any atom is -0.206 e. The van der Waals surface area contributed by atoms with Crippen molar-refractivity contribution in [2.75, 3.05) is 0 Å². The van der Waals surface area contributed by atoms with E-state index in [0.717, 1.165) is 41.5 Å². The Morgan fingerprint density at radius 2 is 1.48 bits per heavy atom. The molecule has 0 aromatic heterocycles. The third-order valence-electron chi connectivity index (χ3n) is 5.52. The first-order valence-electron chi connectivity index (χ1n) is 10.2. The van der Waals surface area contributed by atoms with Gasteiger partial charge < -0.3 is 0 Å². The second-order valence-electron chi connectivity index (χ2n) is 7.59. The largest absolute Gasteiger partial charge is 0.206 e. The summed E-state index contributed by atoms with van der Waals surface area (Å²) in [6, 6.07) is 20.4. The first-order chi connectivity index (χ1) is 15.0. The molecular weight excluding hydrogens is 395 g/mol. The van der Waals surface area contributed by atoms with E-state index in [-0.39, 0.29) is 11.2 Å². The van der Waals surface area contributed by atoms with Gasteiger partial charge in [0.25, 0.3) is 0 Å². The van der Waals surface area contributed by atoms with E-state index < -0.39 is 17.2 Å². The van der Waals surface area contributed by atoms with Crippen molar-refractivity contribution in [3.05, 3.63) is 95.3 Å². The molecule has 0 bridgehead atoms. The normalized spacial score (nSPS) is 10.9. The fourth-order valence-corrected chi connectivity index (χ4v) is 3.78. The molecule has 0 fully saturated rings. The van der Waals surface area contributed by atoms with Crippen molar-refractivity contribution >= 4 is 10.8 Å². The lowest BCUT2D eigenvalue weighted by atomic mass is 9.96. The Labute approximate surface area is 179 Å². The van der Waals surface area contributed by atoms with Crippen LogP contribution < -0.4 is 0 Å². The molecule has 0 unspecified atom stereocenters. The summed E-state index contributed by atoms with van der Waals surface area (Å²) in [4.78, 5) is 0. The number of rotatable bonds is 5. The van der Waals surface area contributed by atoms with Crippen LogP contribution >= 0.6 is 0 Å². The number of nitriles is 1. The maximum atomic E-state index is 14.6. The summed E-state index contributed by atoms with van der Waals surface area (Å²) >= 11 is 0. The number of hydrogen-bond acceptors (Lipinski definition) is 1. The van der Waals surface area contributed by atoms with Crippen molar-refractivity contribution in [3.8, 4) is 28.3 Å². The molecule has 0 spiro atoms. The van der Waals surface area contributed by atoms with Crippen molar-refractivity contribution < 1.29 is 13.2 Å². The molecule has 4 rings (SSSR count). The maximum absolute atomic E-state index is 14.6. The van der Waals surface area contributed by atoms with Gasteiger partial charge in [0.1, 0.15) is 23.3 Å². The molecule has 0 heterocycles. The lowest BCUT2D eigenvalue weighted by molar-refractivity contribution is 0.585. The number of aryl methyl sites for hydroxylation is 1. The highest BCUT2D eigenvalue weighted by Gasteiger charge is 2.14. The highest BCUT2D eigenvalue weighted by molar-refractivity contribution is 5.89. The third-order valence-corrected chi connectivity index (χ3v) is 5.52. The first kappa shape index (κ1) is 20.7. The van der Waals surface area contributed by atoms with E-state index >= 15 is 0 Å². The highest BCUT2D eigenvalue weighted by atomic mass is 19.1. The van der Waals surface area contributed by atoms with Crippen molar-refractivity contribution in [1.82, 2.24) is 0 Å². The zero-order valence-corrected chi connectivity index (χ0v) is 17.1. The number of nitrogens with zero attached hydrogens (tertiary/aromatic N) is 1. The summed E-state index contributed by atoms with van der Waals surface area (Å²) in [5, 5.41) is 9.50. The lowest BCUT2D eigenvalue weighted by Crippen LogP contribution is -1.92. The number of unbranched alkanes of at least 4 members (excludes halogenated alkanes) is 1. The second kappa shape index (κ2) is 8.65. The SMILES string of the molecule is CCCCc1ccc(-c2ccc(-c3ccc4c(F)c(C#N)c(F)cc4c3)cc2)c(F)c1. The number of fused-ring (bicyclic) bond motifs is 1. The van der Waals surface area contributed by atoms with Crippen LogP contribution in [0.3, 0.4) is 0 Å². The molecule has 31 heavy (non-hydrogen) atoms. The monoisotopic (exact) mass is 415 g/mol. The average Bonchev–Trinajstić information content (AvgIpc) is 2.78. The molecule has 4 aromatic carbocycles. The van der Waals surface area contributed by atoms with Crippen LogP contribution in [-0.4, -0.2) is 0 Å². The van der Waals surface area contributed by atoms with Gasteiger partial charge in [0.2, 0.25) is 0 Å². The van der Waals surface area contributed by atoms with Crippen LogP contribution in [0.2, 0.25) is 0 Å². The van der Waals surface area contributed by atoms with Gasteiger partial charge in [-0.05, 0) is 58.7 Å². The summed E-state index contributed by atoms with van der Waals surface area (Å²) in [6.07, 6.45) is 2.97. The Morgan fingerprint density at radius 1 is 0.774 bits per heavy atom. The predicted octanol–water partition coefficient (Wildman–Crippen LogP) is 7.81. The second-order valence-corrected chi connectivity index (χ2v) is 7.59. The lowest BCUT2D eigenvalue weighted by Gasteiger charge is -2.09. The van der Waals surface area contributed by atoms with Crippen molar-refractivity contribution in [2.45, 2.75) is 26.2 Å². The minimum atomic E-state index is -0.877. The molecule has 0 radical (unpaired) electrons. The Kier molecular flexibility index (Phi) is 5.77. The van der Waals surface area contributed by atoms with Crippen LogP contribution in [0, 0.1) is 28.8 Å². The molecule has 0 aliphatic carbocycles. The van der Waals surface area contributed by atoms with Gasteiger partial charge in [0.15, 0.2) is 5.82 Å². The van der Waals surface area contributed by atoms with E-state index in [1.807, 2.05) is 36.4 Å². The molecule has 0 saturated carbocycles. The fourth-order valence-electron chi connectivity index (χ4n) is 3.78. The van der Waals surface area contributed by atoms with Gasteiger partial charge in [-0.25, -0.2) is 13.2 Å². The molecule has 0 saturated heterocycles. The van der Waals surface area contributed by atoms with E-state index in [1.54, 1.807) is 30.3 Å². The molecule has 4 aromatic rings. The van der Waals surface area contributed by atoms with Crippen LogP contribution in [0.4, 0.5) is 13.2 Å². The van der Waals surface area contributed by atoms with Gasteiger partial charge >= 0.3 is 0 Å². The van der Waals surface area contributed by atoms with Gasteiger partial charge in [-0.2, -0.15) is 5.26 Å². The zero-order valence-electron chi connectivity index (χ0n) is 17.1. The van der Waals surface area contributed by atoms with Gasteiger partial charge in [0.05, 0.1) is 0 Å². The predicted molar refractivity (Wildman–Crippen MR) is 118 cm³/mol. The molecule has 1 nitrogen and oxygen atoms in total. The van der Waals surface area contributed by atoms with Crippen molar-refractivity contribution in [2.24, 2.45) is 0 Å². The molecular formula is C27H20F3N. The van der Waals surface area contributed by atoms with E-state index in [1.165, 1.54) is 6.07 Å². The Morgan fingerprint density at radius 3 is 2.16 bits per heavy atom. The Bertz CT molecular complexity index is 1300. The highest BCUT2D eigenvalue weighted by Crippen LogP contribution is 2.31. The topological polar surface area (TPSA) is 23.8 Å². The quantitative estimate of drug-likeness (QED) is 0.326. The van der Waals surface area contributed by atoms with Crippen LogP contribution in [0.1, 0.15) is 30.9 Å².